The Morgan fingerprint density at radius 1 is 1.20 bits per heavy atom. The Morgan fingerprint density at radius 2 is 1.93 bits per heavy atom. The molecular formula is C22H31N5O3. The van der Waals surface area contributed by atoms with Gasteiger partial charge in [0, 0.05) is 50.9 Å². The number of amides is 3. The molecule has 1 N–H and O–H groups in total. The van der Waals surface area contributed by atoms with Crippen molar-refractivity contribution < 1.29 is 14.4 Å². The normalized spacial score (nSPS) is 28.3. The fourth-order valence-electron chi connectivity index (χ4n) is 5.46. The number of rotatable bonds is 5. The van der Waals surface area contributed by atoms with E-state index in [1.54, 1.807) is 12.4 Å². The van der Waals surface area contributed by atoms with Gasteiger partial charge in [0.1, 0.15) is 6.33 Å². The predicted octanol–water partition coefficient (Wildman–Crippen LogP) is 1.48. The average Bonchev–Trinajstić information content (AvgIpc) is 2.73. The predicted molar refractivity (Wildman–Crippen MR) is 110 cm³/mol. The summed E-state index contributed by atoms with van der Waals surface area (Å²) in [5.41, 5.74) is 0.496. The molecule has 30 heavy (non-hydrogen) atoms. The fraction of sp³-hybridized carbons (Fsp3) is 0.682. The van der Waals surface area contributed by atoms with Gasteiger partial charge in [0.2, 0.25) is 11.8 Å². The number of piperidine rings is 3. The third kappa shape index (κ3) is 4.18. The smallest absolute Gasteiger partial charge is 0.257 e. The van der Waals surface area contributed by atoms with Crippen molar-refractivity contribution in [3.63, 3.8) is 0 Å². The minimum absolute atomic E-state index is 0.0262. The number of carbonyl (C=O) groups excluding carboxylic acids is 3. The molecule has 8 heteroatoms. The summed E-state index contributed by atoms with van der Waals surface area (Å²) in [5.74, 6) is 0.905. The molecule has 1 aromatic heterocycles. The number of carbonyl (C=O) groups is 3. The van der Waals surface area contributed by atoms with Gasteiger partial charge in [-0.1, -0.05) is 13.8 Å². The Bertz CT molecular complexity index is 799. The molecule has 4 atom stereocenters. The van der Waals surface area contributed by atoms with Gasteiger partial charge in [0.05, 0.1) is 11.6 Å². The summed E-state index contributed by atoms with van der Waals surface area (Å²) in [6.45, 7) is 5.75. The van der Waals surface area contributed by atoms with E-state index in [0.717, 1.165) is 19.3 Å². The number of hydrogen-bond donors (Lipinski definition) is 1. The van der Waals surface area contributed by atoms with E-state index in [9.17, 15) is 14.4 Å². The van der Waals surface area contributed by atoms with Crippen LogP contribution in [0, 0.1) is 17.8 Å². The molecule has 0 spiro atoms. The van der Waals surface area contributed by atoms with Gasteiger partial charge in [0.15, 0.2) is 0 Å². The highest BCUT2D eigenvalue weighted by molar-refractivity contribution is 5.93. The topological polar surface area (TPSA) is 95.5 Å². The maximum Gasteiger partial charge on any atom is 0.257 e. The summed E-state index contributed by atoms with van der Waals surface area (Å²) in [6.07, 6.45) is 8.45. The second-order valence-electron chi connectivity index (χ2n) is 9.32. The van der Waals surface area contributed by atoms with E-state index in [1.165, 1.54) is 6.33 Å². The third-order valence-electron chi connectivity index (χ3n) is 6.69. The van der Waals surface area contributed by atoms with Gasteiger partial charge in [-0.15, -0.1) is 0 Å². The largest absolute Gasteiger partial charge is 0.354 e. The van der Waals surface area contributed by atoms with Crippen LogP contribution >= 0.6 is 0 Å². The van der Waals surface area contributed by atoms with Gasteiger partial charge in [-0.05, 0) is 37.0 Å². The van der Waals surface area contributed by atoms with Crippen LogP contribution in [0.5, 0.6) is 0 Å². The SMILES string of the molecule is CC(C)CC(=O)NC[C@H]1[C@H]2C[C@H](CN(C(=O)c3cncnc3)C2)[C@@H]2CCCC(=O)N21. The Hall–Kier alpha value is -2.51. The molecule has 8 nitrogen and oxygen atoms in total. The van der Waals surface area contributed by atoms with E-state index in [4.69, 9.17) is 0 Å². The maximum absolute atomic E-state index is 13.0. The summed E-state index contributed by atoms with van der Waals surface area (Å²) >= 11 is 0. The lowest BCUT2D eigenvalue weighted by molar-refractivity contribution is -0.152. The highest BCUT2D eigenvalue weighted by Crippen LogP contribution is 2.41. The number of fused-ring (bicyclic) bond motifs is 4. The minimum Gasteiger partial charge on any atom is -0.354 e. The summed E-state index contributed by atoms with van der Waals surface area (Å²) < 4.78 is 0. The molecule has 0 saturated carbocycles. The second kappa shape index (κ2) is 8.70. The number of likely N-dealkylation sites (tertiary alicyclic amines) is 1. The zero-order chi connectivity index (χ0) is 21.3. The zero-order valence-corrected chi connectivity index (χ0v) is 17.8. The number of nitrogens with one attached hydrogen (secondary N) is 1. The van der Waals surface area contributed by atoms with Crippen LogP contribution in [0.4, 0.5) is 0 Å². The van der Waals surface area contributed by atoms with Crippen molar-refractivity contribution in [3.8, 4) is 0 Å². The first-order chi connectivity index (χ1) is 14.4. The standard InChI is InChI=1S/C22H31N5O3/c1-14(2)6-20(28)25-10-19-16-7-15(18-4-3-5-21(29)27(18)19)11-26(12-16)22(30)17-8-23-13-24-9-17/h8-9,13-16,18-19H,3-7,10-12H2,1-2H3,(H,25,28)/t15-,16+,18+,19+/m1/s1. The summed E-state index contributed by atoms with van der Waals surface area (Å²) in [7, 11) is 0. The molecule has 2 bridgehead atoms. The Morgan fingerprint density at radius 3 is 2.67 bits per heavy atom. The number of nitrogens with zero attached hydrogens (tertiary/aromatic N) is 4. The lowest BCUT2D eigenvalue weighted by Crippen LogP contribution is -2.67. The highest BCUT2D eigenvalue weighted by atomic mass is 16.2. The van der Waals surface area contributed by atoms with E-state index in [2.05, 4.69) is 20.2 Å². The van der Waals surface area contributed by atoms with Crippen molar-refractivity contribution in [3.05, 3.63) is 24.3 Å². The van der Waals surface area contributed by atoms with Gasteiger partial charge >= 0.3 is 0 Å². The molecule has 3 saturated heterocycles. The van der Waals surface area contributed by atoms with E-state index < -0.39 is 0 Å². The number of hydrogen-bond acceptors (Lipinski definition) is 5. The molecule has 0 unspecified atom stereocenters. The van der Waals surface area contributed by atoms with Crippen LogP contribution in [0.3, 0.4) is 0 Å². The van der Waals surface area contributed by atoms with Gasteiger partial charge in [-0.25, -0.2) is 9.97 Å². The van der Waals surface area contributed by atoms with E-state index in [1.807, 2.05) is 18.7 Å². The van der Waals surface area contributed by atoms with Crippen LogP contribution in [-0.4, -0.2) is 69.2 Å². The molecule has 3 aliphatic rings. The first-order valence-electron chi connectivity index (χ1n) is 11.1. The monoisotopic (exact) mass is 413 g/mol. The summed E-state index contributed by atoms with van der Waals surface area (Å²) in [6, 6.07) is 0.0925. The molecule has 4 rings (SSSR count). The van der Waals surface area contributed by atoms with Crippen molar-refractivity contribution in [2.24, 2.45) is 17.8 Å². The lowest BCUT2D eigenvalue weighted by Gasteiger charge is -2.56. The molecule has 162 valence electrons. The highest BCUT2D eigenvalue weighted by Gasteiger charge is 2.50. The molecule has 0 aromatic carbocycles. The first-order valence-corrected chi connectivity index (χ1v) is 11.1. The van der Waals surface area contributed by atoms with Gasteiger partial charge in [-0.3, -0.25) is 14.4 Å². The Kier molecular flexibility index (Phi) is 6.01. The van der Waals surface area contributed by atoms with E-state index >= 15 is 0 Å². The summed E-state index contributed by atoms with van der Waals surface area (Å²) in [4.78, 5) is 50.1. The first kappa shape index (κ1) is 20.8. The van der Waals surface area contributed by atoms with Crippen molar-refractivity contribution in [2.45, 2.75) is 58.0 Å². The van der Waals surface area contributed by atoms with Crippen molar-refractivity contribution >= 4 is 17.7 Å². The summed E-state index contributed by atoms with van der Waals surface area (Å²) in [5, 5.41) is 3.06. The molecule has 4 heterocycles. The maximum atomic E-state index is 13.0. The fourth-order valence-corrected chi connectivity index (χ4v) is 5.46. The van der Waals surface area contributed by atoms with E-state index in [-0.39, 0.29) is 41.6 Å². The molecule has 0 radical (unpaired) electrons. The molecule has 0 aliphatic carbocycles. The van der Waals surface area contributed by atoms with Gasteiger partial charge in [-0.2, -0.15) is 0 Å². The van der Waals surface area contributed by atoms with Crippen molar-refractivity contribution in [2.75, 3.05) is 19.6 Å². The zero-order valence-electron chi connectivity index (χ0n) is 17.8. The Labute approximate surface area is 177 Å². The van der Waals surface area contributed by atoms with Crippen LogP contribution in [-0.2, 0) is 9.59 Å². The van der Waals surface area contributed by atoms with Gasteiger partial charge < -0.3 is 15.1 Å². The van der Waals surface area contributed by atoms with Crippen LogP contribution in [0.15, 0.2) is 18.7 Å². The van der Waals surface area contributed by atoms with Gasteiger partial charge in [0.25, 0.3) is 5.91 Å². The number of aromatic nitrogens is 2. The van der Waals surface area contributed by atoms with Crippen molar-refractivity contribution in [1.29, 1.82) is 0 Å². The molecular weight excluding hydrogens is 382 g/mol. The molecule has 1 aromatic rings. The van der Waals surface area contributed by atoms with Crippen LogP contribution in [0.2, 0.25) is 0 Å². The van der Waals surface area contributed by atoms with E-state index in [0.29, 0.717) is 44.0 Å². The third-order valence-corrected chi connectivity index (χ3v) is 6.69. The minimum atomic E-state index is -0.0576. The quantitative estimate of drug-likeness (QED) is 0.789. The molecule has 3 amide bonds. The van der Waals surface area contributed by atoms with Crippen LogP contribution in [0.1, 0.15) is 56.3 Å². The molecule has 3 aliphatic heterocycles. The Balaban J connectivity index is 1.53. The average molecular weight is 414 g/mol. The van der Waals surface area contributed by atoms with Crippen LogP contribution in [0.25, 0.3) is 0 Å². The van der Waals surface area contributed by atoms with Crippen LogP contribution < -0.4 is 5.32 Å². The second-order valence-corrected chi connectivity index (χ2v) is 9.32. The lowest BCUT2D eigenvalue weighted by atomic mass is 9.72. The van der Waals surface area contributed by atoms with Crippen molar-refractivity contribution in [1.82, 2.24) is 25.1 Å². The molecule has 3 fully saturated rings.